The van der Waals surface area contributed by atoms with E-state index < -0.39 is 21.4 Å². The Morgan fingerprint density at radius 3 is 2.30 bits per heavy atom. The van der Waals surface area contributed by atoms with Crippen molar-refractivity contribution in [1.82, 2.24) is 9.78 Å². The summed E-state index contributed by atoms with van der Waals surface area (Å²) in [5.41, 5.74) is 0.866. The van der Waals surface area contributed by atoms with Crippen molar-refractivity contribution in [2.24, 2.45) is 11.1 Å². The predicted molar refractivity (Wildman–Crippen MR) is 112 cm³/mol. The van der Waals surface area contributed by atoms with Crippen molar-refractivity contribution in [2.75, 3.05) is 6.61 Å². The van der Waals surface area contributed by atoms with E-state index in [9.17, 15) is 17.6 Å². The van der Waals surface area contributed by atoms with Gasteiger partial charge < -0.3 is 4.74 Å². The highest BCUT2D eigenvalue weighted by Crippen LogP contribution is 2.28. The molecule has 0 aliphatic heterocycles. The molecule has 30 heavy (non-hydrogen) atoms. The molecule has 0 aliphatic rings. The molecule has 0 aliphatic carbocycles. The average molecular weight is 431 g/mol. The standard InChI is InChI=1S/C21H22FN3O4S/c1-14(2)11-12-29-20-19(15-3-9-18(10-4-15)30(23,27)28)13-24-25(21(20)26)17-7-5-16(22)6-8-17/h3-10,13-14H,11-12H2,1-2H3,(H2,23,27,28). The van der Waals surface area contributed by atoms with Crippen molar-refractivity contribution in [3.05, 3.63) is 70.9 Å². The number of halogens is 1. The highest BCUT2D eigenvalue weighted by Gasteiger charge is 2.17. The monoisotopic (exact) mass is 431 g/mol. The molecule has 0 saturated heterocycles. The van der Waals surface area contributed by atoms with Crippen molar-refractivity contribution < 1.29 is 17.5 Å². The zero-order valence-electron chi connectivity index (χ0n) is 16.6. The largest absolute Gasteiger partial charge is 0.487 e. The maximum absolute atomic E-state index is 13.2. The summed E-state index contributed by atoms with van der Waals surface area (Å²) in [6.07, 6.45) is 2.20. The molecule has 2 aromatic carbocycles. The van der Waals surface area contributed by atoms with E-state index >= 15 is 0 Å². The normalized spacial score (nSPS) is 11.6. The topological polar surface area (TPSA) is 104 Å². The van der Waals surface area contributed by atoms with Gasteiger partial charge in [-0.1, -0.05) is 26.0 Å². The summed E-state index contributed by atoms with van der Waals surface area (Å²) in [7, 11) is -3.83. The summed E-state index contributed by atoms with van der Waals surface area (Å²) < 4.78 is 43.2. The van der Waals surface area contributed by atoms with Crippen LogP contribution in [0.15, 0.2) is 64.4 Å². The molecular formula is C21H22FN3O4S. The van der Waals surface area contributed by atoms with E-state index in [-0.39, 0.29) is 10.6 Å². The molecule has 158 valence electrons. The molecule has 2 N–H and O–H groups in total. The Labute approximate surface area is 174 Å². The molecule has 1 aromatic heterocycles. The zero-order chi connectivity index (χ0) is 21.9. The lowest BCUT2D eigenvalue weighted by Crippen LogP contribution is -2.24. The van der Waals surface area contributed by atoms with E-state index in [2.05, 4.69) is 5.10 Å². The van der Waals surface area contributed by atoms with Crippen molar-refractivity contribution >= 4 is 10.0 Å². The maximum Gasteiger partial charge on any atom is 0.314 e. The molecule has 3 aromatic rings. The van der Waals surface area contributed by atoms with Gasteiger partial charge in [0.2, 0.25) is 10.0 Å². The summed E-state index contributed by atoms with van der Waals surface area (Å²) in [5, 5.41) is 9.33. The highest BCUT2D eigenvalue weighted by atomic mass is 32.2. The number of primary sulfonamides is 1. The zero-order valence-corrected chi connectivity index (χ0v) is 17.4. The van der Waals surface area contributed by atoms with Gasteiger partial charge in [-0.3, -0.25) is 4.79 Å². The molecule has 9 heteroatoms. The molecule has 0 saturated carbocycles. The minimum Gasteiger partial charge on any atom is -0.487 e. The highest BCUT2D eigenvalue weighted by molar-refractivity contribution is 7.89. The third-order valence-electron chi connectivity index (χ3n) is 4.44. The van der Waals surface area contributed by atoms with Gasteiger partial charge in [0.1, 0.15) is 5.82 Å². The summed E-state index contributed by atoms with van der Waals surface area (Å²) in [6.45, 7) is 4.40. The van der Waals surface area contributed by atoms with Gasteiger partial charge in [0.05, 0.1) is 23.4 Å². The second-order valence-electron chi connectivity index (χ2n) is 7.18. The fourth-order valence-corrected chi connectivity index (χ4v) is 3.29. The molecule has 0 unspecified atom stereocenters. The van der Waals surface area contributed by atoms with Gasteiger partial charge in [-0.25, -0.2) is 17.9 Å². The molecule has 0 atom stereocenters. The minimum atomic E-state index is -3.83. The van der Waals surface area contributed by atoms with Gasteiger partial charge in [0, 0.05) is 5.56 Å². The first-order chi connectivity index (χ1) is 14.2. The molecule has 7 nitrogen and oxygen atoms in total. The van der Waals surface area contributed by atoms with Gasteiger partial charge in [-0.05, 0) is 54.3 Å². The van der Waals surface area contributed by atoms with Gasteiger partial charge in [0.25, 0.3) is 0 Å². The van der Waals surface area contributed by atoms with Crippen LogP contribution in [0.5, 0.6) is 5.75 Å². The third kappa shape index (κ3) is 4.92. The smallest absolute Gasteiger partial charge is 0.314 e. The molecule has 0 bridgehead atoms. The van der Waals surface area contributed by atoms with Crippen LogP contribution in [0.25, 0.3) is 16.8 Å². The minimum absolute atomic E-state index is 0.0406. The lowest BCUT2D eigenvalue weighted by molar-refractivity contribution is 0.285. The second-order valence-corrected chi connectivity index (χ2v) is 8.74. The van der Waals surface area contributed by atoms with Crippen LogP contribution in [0, 0.1) is 11.7 Å². The molecule has 0 spiro atoms. The van der Waals surface area contributed by atoms with Crippen LogP contribution >= 0.6 is 0 Å². The van der Waals surface area contributed by atoms with Crippen molar-refractivity contribution in [3.8, 4) is 22.6 Å². The Kier molecular flexibility index (Phi) is 6.33. The fourth-order valence-electron chi connectivity index (χ4n) is 2.77. The molecule has 1 heterocycles. The predicted octanol–water partition coefficient (Wildman–Crippen LogP) is 3.11. The number of sulfonamides is 1. The number of ether oxygens (including phenoxy) is 1. The number of nitrogens with zero attached hydrogens (tertiary/aromatic N) is 2. The van der Waals surface area contributed by atoms with Gasteiger partial charge in [0.15, 0.2) is 5.75 Å². The van der Waals surface area contributed by atoms with Crippen LogP contribution in [-0.2, 0) is 10.0 Å². The van der Waals surface area contributed by atoms with E-state index in [0.29, 0.717) is 29.3 Å². The SMILES string of the molecule is CC(C)CCOc1c(-c2ccc(S(N)(=O)=O)cc2)cnn(-c2ccc(F)cc2)c1=O. The van der Waals surface area contributed by atoms with Crippen LogP contribution in [0.3, 0.4) is 0 Å². The quantitative estimate of drug-likeness (QED) is 0.619. The number of aromatic nitrogens is 2. The first-order valence-corrected chi connectivity index (χ1v) is 10.9. The fraction of sp³-hybridized carbons (Fsp3) is 0.238. The Morgan fingerprint density at radius 1 is 1.10 bits per heavy atom. The van der Waals surface area contributed by atoms with Crippen LogP contribution in [0.1, 0.15) is 20.3 Å². The van der Waals surface area contributed by atoms with E-state index in [1.807, 2.05) is 13.8 Å². The Morgan fingerprint density at radius 2 is 1.73 bits per heavy atom. The van der Waals surface area contributed by atoms with Crippen molar-refractivity contribution in [2.45, 2.75) is 25.2 Å². The van der Waals surface area contributed by atoms with E-state index in [1.54, 1.807) is 0 Å². The van der Waals surface area contributed by atoms with E-state index in [0.717, 1.165) is 11.1 Å². The molecule has 0 radical (unpaired) electrons. The van der Waals surface area contributed by atoms with E-state index in [1.165, 1.54) is 54.7 Å². The summed E-state index contributed by atoms with van der Waals surface area (Å²) in [6, 6.07) is 11.2. The molecule has 0 amide bonds. The number of nitrogens with two attached hydrogens (primary N) is 1. The second kappa shape index (κ2) is 8.76. The van der Waals surface area contributed by atoms with Gasteiger partial charge >= 0.3 is 5.56 Å². The molecule has 0 fully saturated rings. The third-order valence-corrected chi connectivity index (χ3v) is 5.37. The van der Waals surface area contributed by atoms with Gasteiger partial charge in [-0.2, -0.15) is 9.78 Å². The summed E-state index contributed by atoms with van der Waals surface area (Å²) in [4.78, 5) is 13.1. The van der Waals surface area contributed by atoms with Crippen LogP contribution in [-0.4, -0.2) is 24.8 Å². The van der Waals surface area contributed by atoms with Crippen LogP contribution in [0.2, 0.25) is 0 Å². The number of hydrogen-bond acceptors (Lipinski definition) is 5. The van der Waals surface area contributed by atoms with Gasteiger partial charge in [-0.15, -0.1) is 0 Å². The van der Waals surface area contributed by atoms with Crippen LogP contribution < -0.4 is 15.4 Å². The number of benzene rings is 2. The average Bonchev–Trinajstić information content (AvgIpc) is 2.69. The molecule has 3 rings (SSSR count). The lowest BCUT2D eigenvalue weighted by atomic mass is 10.1. The maximum atomic E-state index is 13.2. The lowest BCUT2D eigenvalue weighted by Gasteiger charge is -2.14. The van der Waals surface area contributed by atoms with Crippen LogP contribution in [0.4, 0.5) is 4.39 Å². The summed E-state index contributed by atoms with van der Waals surface area (Å²) >= 11 is 0. The van der Waals surface area contributed by atoms with Crippen molar-refractivity contribution in [3.63, 3.8) is 0 Å². The Balaban J connectivity index is 2.08. The number of hydrogen-bond donors (Lipinski definition) is 1. The van der Waals surface area contributed by atoms with Crippen molar-refractivity contribution in [1.29, 1.82) is 0 Å². The first-order valence-electron chi connectivity index (χ1n) is 9.31. The number of rotatable bonds is 7. The Bertz CT molecular complexity index is 1190. The Hall–Kier alpha value is -3.04. The first kappa shape index (κ1) is 21.7. The molecular weight excluding hydrogens is 409 g/mol. The summed E-state index contributed by atoms with van der Waals surface area (Å²) in [5.74, 6) is 0.0359. The van der Waals surface area contributed by atoms with E-state index in [4.69, 9.17) is 9.88 Å².